The van der Waals surface area contributed by atoms with Crippen LogP contribution in [0.1, 0.15) is 297 Å². The molecule has 0 aromatic rings. The Hall–Kier alpha value is -4.45. The van der Waals surface area contributed by atoms with Crippen molar-refractivity contribution in [2.24, 2.45) is 0 Å². The van der Waals surface area contributed by atoms with E-state index in [-0.39, 0.29) is 31.1 Å². The average molecular weight is 1110 g/mol. The summed E-state index contributed by atoms with van der Waals surface area (Å²) in [5.41, 5.74) is 0. The van der Waals surface area contributed by atoms with E-state index in [0.717, 1.165) is 135 Å². The van der Waals surface area contributed by atoms with Crippen LogP contribution in [0, 0.1) is 0 Å². The van der Waals surface area contributed by atoms with Gasteiger partial charge < -0.3 is 14.2 Å². The van der Waals surface area contributed by atoms with Crippen LogP contribution < -0.4 is 0 Å². The maximum atomic E-state index is 12.9. The van der Waals surface area contributed by atoms with E-state index in [2.05, 4.69) is 154 Å². The molecule has 0 spiro atoms. The maximum Gasteiger partial charge on any atom is 0.306 e. The highest BCUT2D eigenvalue weighted by Gasteiger charge is 2.19. The van der Waals surface area contributed by atoms with Gasteiger partial charge in [0.25, 0.3) is 0 Å². The lowest BCUT2D eigenvalue weighted by atomic mass is 10.0. The molecule has 80 heavy (non-hydrogen) atoms. The molecule has 0 bridgehead atoms. The molecule has 0 radical (unpaired) electrons. The molecule has 1 atom stereocenters. The number of unbranched alkanes of at least 4 members (excludes halogenated alkanes) is 26. The number of rotatable bonds is 59. The summed E-state index contributed by atoms with van der Waals surface area (Å²) in [6.45, 7) is 6.39. The molecule has 6 heteroatoms. The van der Waals surface area contributed by atoms with Crippen molar-refractivity contribution in [3.63, 3.8) is 0 Å². The van der Waals surface area contributed by atoms with Gasteiger partial charge in [0.05, 0.1) is 0 Å². The van der Waals surface area contributed by atoms with Crippen LogP contribution in [0.3, 0.4) is 0 Å². The predicted octanol–water partition coefficient (Wildman–Crippen LogP) is 22.9. The fourth-order valence-corrected chi connectivity index (χ4v) is 9.00. The second-order valence-corrected chi connectivity index (χ2v) is 21.6. The number of allylic oxidation sites excluding steroid dienone is 22. The van der Waals surface area contributed by atoms with Crippen LogP contribution in [-0.4, -0.2) is 37.2 Å². The number of carbonyl (C=O) groups is 3. The molecule has 0 fully saturated rings. The van der Waals surface area contributed by atoms with Crippen LogP contribution >= 0.6 is 0 Å². The van der Waals surface area contributed by atoms with Crippen molar-refractivity contribution in [2.45, 2.75) is 303 Å². The van der Waals surface area contributed by atoms with E-state index in [0.29, 0.717) is 19.3 Å². The Morgan fingerprint density at radius 1 is 0.263 bits per heavy atom. The van der Waals surface area contributed by atoms with Gasteiger partial charge in [-0.3, -0.25) is 14.4 Å². The summed E-state index contributed by atoms with van der Waals surface area (Å²) < 4.78 is 16.9. The summed E-state index contributed by atoms with van der Waals surface area (Å²) in [6.07, 6.45) is 94.6. The van der Waals surface area contributed by atoms with Crippen LogP contribution in [0.2, 0.25) is 0 Å². The highest BCUT2D eigenvalue weighted by atomic mass is 16.6. The monoisotopic (exact) mass is 1110 g/mol. The number of carbonyl (C=O) groups excluding carboxylic acids is 3. The molecule has 0 aliphatic carbocycles. The number of ether oxygens (including phenoxy) is 3. The minimum atomic E-state index is -0.804. The van der Waals surface area contributed by atoms with Crippen molar-refractivity contribution in [3.05, 3.63) is 134 Å². The first kappa shape index (κ1) is 75.5. The van der Waals surface area contributed by atoms with E-state index in [1.807, 2.05) is 0 Å². The zero-order chi connectivity index (χ0) is 57.8. The third-order valence-corrected chi connectivity index (χ3v) is 13.9. The SMILES string of the molecule is CC/C=C\C/C=C\C/C=C\C/C=C\C/C=C\C/C=C\C/C=C\CCCCCCCCCC(=O)OCC(COC(=O)CCCC/C=C\C/C=C\C/C=C\C/C=C\CC)OC(=O)CCCCCCCCCCCCCCCCCCCC. The van der Waals surface area contributed by atoms with E-state index < -0.39 is 6.10 Å². The molecule has 0 aromatic heterocycles. The number of hydrogen-bond donors (Lipinski definition) is 0. The number of hydrogen-bond acceptors (Lipinski definition) is 6. The van der Waals surface area contributed by atoms with Crippen LogP contribution in [0.4, 0.5) is 0 Å². The molecular weight excluding hydrogens is 985 g/mol. The van der Waals surface area contributed by atoms with Gasteiger partial charge in [0.15, 0.2) is 6.10 Å². The first-order valence-corrected chi connectivity index (χ1v) is 33.2. The van der Waals surface area contributed by atoms with Gasteiger partial charge in [0.1, 0.15) is 13.2 Å². The maximum absolute atomic E-state index is 12.9. The summed E-state index contributed by atoms with van der Waals surface area (Å²) in [5.74, 6) is -0.944. The Balaban J connectivity index is 4.39. The minimum Gasteiger partial charge on any atom is -0.462 e. The third kappa shape index (κ3) is 64.4. The Bertz CT molecular complexity index is 1700. The molecule has 0 N–H and O–H groups in total. The Labute approximate surface area is 494 Å². The predicted molar refractivity (Wildman–Crippen MR) is 348 cm³/mol. The smallest absolute Gasteiger partial charge is 0.306 e. The summed E-state index contributed by atoms with van der Waals surface area (Å²) in [6, 6.07) is 0. The quantitative estimate of drug-likeness (QED) is 0.0261. The average Bonchev–Trinajstić information content (AvgIpc) is 3.46. The normalized spacial score (nSPS) is 13.0. The van der Waals surface area contributed by atoms with Gasteiger partial charge >= 0.3 is 17.9 Å². The van der Waals surface area contributed by atoms with Crippen LogP contribution in [0.15, 0.2) is 134 Å². The molecule has 0 rings (SSSR count). The first-order valence-electron chi connectivity index (χ1n) is 33.2. The highest BCUT2D eigenvalue weighted by Crippen LogP contribution is 2.16. The number of esters is 3. The Morgan fingerprint density at radius 2 is 0.487 bits per heavy atom. The molecule has 0 amide bonds. The van der Waals surface area contributed by atoms with Crippen molar-refractivity contribution < 1.29 is 28.6 Å². The van der Waals surface area contributed by atoms with Gasteiger partial charge in [-0.05, 0) is 116 Å². The van der Waals surface area contributed by atoms with Crippen molar-refractivity contribution >= 4 is 17.9 Å². The fourth-order valence-electron chi connectivity index (χ4n) is 9.00. The molecule has 0 saturated heterocycles. The second kappa shape index (κ2) is 67.1. The molecule has 0 aliphatic rings. The van der Waals surface area contributed by atoms with Gasteiger partial charge in [-0.1, -0.05) is 296 Å². The summed E-state index contributed by atoms with van der Waals surface area (Å²) >= 11 is 0. The van der Waals surface area contributed by atoms with E-state index in [4.69, 9.17) is 14.2 Å². The van der Waals surface area contributed by atoms with E-state index in [9.17, 15) is 14.4 Å². The van der Waals surface area contributed by atoms with Crippen LogP contribution in [0.5, 0.6) is 0 Å². The van der Waals surface area contributed by atoms with Crippen molar-refractivity contribution in [2.75, 3.05) is 13.2 Å². The largest absolute Gasteiger partial charge is 0.462 e. The molecule has 0 aliphatic heterocycles. The van der Waals surface area contributed by atoms with Crippen molar-refractivity contribution in [1.29, 1.82) is 0 Å². The highest BCUT2D eigenvalue weighted by molar-refractivity contribution is 5.71. The molecule has 6 nitrogen and oxygen atoms in total. The lowest BCUT2D eigenvalue weighted by Gasteiger charge is -2.18. The molecule has 1 unspecified atom stereocenters. The molecule has 454 valence electrons. The zero-order valence-electron chi connectivity index (χ0n) is 52.0. The van der Waals surface area contributed by atoms with Crippen LogP contribution in [0.25, 0.3) is 0 Å². The molecule has 0 saturated carbocycles. The van der Waals surface area contributed by atoms with Crippen molar-refractivity contribution in [3.8, 4) is 0 Å². The van der Waals surface area contributed by atoms with Gasteiger partial charge in [-0.15, -0.1) is 0 Å². The van der Waals surface area contributed by atoms with E-state index >= 15 is 0 Å². The fraction of sp³-hybridized carbons (Fsp3) is 0.662. The lowest BCUT2D eigenvalue weighted by molar-refractivity contribution is -0.167. The first-order chi connectivity index (χ1) is 39.5. The van der Waals surface area contributed by atoms with Crippen LogP contribution in [-0.2, 0) is 28.6 Å². The summed E-state index contributed by atoms with van der Waals surface area (Å²) in [5, 5.41) is 0. The Kier molecular flexibility index (Phi) is 63.3. The molecule has 0 aromatic carbocycles. The zero-order valence-corrected chi connectivity index (χ0v) is 52.0. The van der Waals surface area contributed by atoms with Gasteiger partial charge in [-0.25, -0.2) is 0 Å². The van der Waals surface area contributed by atoms with Crippen molar-refractivity contribution in [1.82, 2.24) is 0 Å². The van der Waals surface area contributed by atoms with Gasteiger partial charge in [0, 0.05) is 19.3 Å². The van der Waals surface area contributed by atoms with E-state index in [1.54, 1.807) is 0 Å². The van der Waals surface area contributed by atoms with Gasteiger partial charge in [0.2, 0.25) is 0 Å². The Morgan fingerprint density at radius 3 is 0.787 bits per heavy atom. The summed E-state index contributed by atoms with van der Waals surface area (Å²) in [4.78, 5) is 38.4. The topological polar surface area (TPSA) is 78.9 Å². The van der Waals surface area contributed by atoms with Gasteiger partial charge in [-0.2, -0.15) is 0 Å². The molecular formula is C74H122O6. The second-order valence-electron chi connectivity index (χ2n) is 21.6. The van der Waals surface area contributed by atoms with E-state index in [1.165, 1.54) is 122 Å². The molecule has 0 heterocycles. The minimum absolute atomic E-state index is 0.0986. The standard InChI is InChI=1S/C74H122O6/c1-4-7-10-13-16-19-22-25-28-30-32-33-34-35-36-37-38-39-40-41-42-44-46-49-52-55-58-61-64-67-73(76)79-70-71(69-78-72(75)66-63-60-57-54-51-48-45-27-24-21-18-15-12-9-6-3)80-74(77)68-65-62-59-56-53-50-47-43-31-29-26-23-20-17-14-11-8-5-2/h7,9-10,12,16,18-19,21,25,27-28,32-33,35-36,38-39,41-42,45,51,54,71H,4-6,8,11,13-15,17,20,22-24,26,29-31,34,37,40,43-44,46-50,52-53,55-70H2,1-3H3/b10-7-,12-9-,19-16-,21-18-,28-25-,33-32-,36-35-,39-38-,42-41-,45-27-,54-51-. The third-order valence-electron chi connectivity index (χ3n) is 13.9. The summed E-state index contributed by atoms with van der Waals surface area (Å²) in [7, 11) is 0. The lowest BCUT2D eigenvalue weighted by Crippen LogP contribution is -2.30.